The summed E-state index contributed by atoms with van der Waals surface area (Å²) in [5, 5.41) is 13.5. The fraction of sp³-hybridized carbons (Fsp3) is 0.250. The lowest BCUT2D eigenvalue weighted by Gasteiger charge is -2.10. The van der Waals surface area contributed by atoms with Crippen molar-refractivity contribution in [2.75, 3.05) is 12.4 Å². The molecule has 0 atom stereocenters. The van der Waals surface area contributed by atoms with Gasteiger partial charge in [0.2, 0.25) is 0 Å². The number of hydrogen-bond donors (Lipinski definition) is 0. The molecule has 3 rings (SSSR count). The molecule has 0 bridgehead atoms. The number of thioether (sulfide) groups is 1. The average Bonchev–Trinajstić information content (AvgIpc) is 3.08. The van der Waals surface area contributed by atoms with Crippen molar-refractivity contribution in [3.05, 3.63) is 56.2 Å². The lowest BCUT2D eigenvalue weighted by Crippen LogP contribution is -2.21. The monoisotopic (exact) mass is 377 g/mol. The third kappa shape index (κ3) is 3.67. The Morgan fingerprint density at radius 3 is 2.92 bits per heavy atom. The summed E-state index contributed by atoms with van der Waals surface area (Å²) in [4.78, 5) is 27.5. The van der Waals surface area contributed by atoms with Gasteiger partial charge in [0.15, 0.2) is 10.9 Å². The van der Waals surface area contributed by atoms with Crippen molar-refractivity contribution in [1.82, 2.24) is 9.55 Å². The fourth-order valence-electron chi connectivity index (χ4n) is 2.33. The molecule has 2 heterocycles. The van der Waals surface area contributed by atoms with Crippen LogP contribution >= 0.6 is 23.1 Å². The number of aromatic nitrogens is 2. The van der Waals surface area contributed by atoms with E-state index >= 15 is 0 Å². The molecule has 0 radical (unpaired) electrons. The van der Waals surface area contributed by atoms with Crippen LogP contribution < -0.4 is 10.3 Å². The van der Waals surface area contributed by atoms with E-state index in [1.54, 1.807) is 22.8 Å². The first-order chi connectivity index (χ1) is 12.1. The lowest BCUT2D eigenvalue weighted by molar-refractivity contribution is -0.385. The van der Waals surface area contributed by atoms with Gasteiger partial charge in [0, 0.05) is 18.4 Å². The van der Waals surface area contributed by atoms with Crippen molar-refractivity contribution in [3.8, 4) is 5.75 Å². The summed E-state index contributed by atoms with van der Waals surface area (Å²) >= 11 is 2.79. The molecule has 0 fully saturated rings. The Morgan fingerprint density at radius 2 is 2.16 bits per heavy atom. The Kier molecular flexibility index (Phi) is 5.34. The Hall–Kier alpha value is -2.39. The largest absolute Gasteiger partial charge is 0.486 e. The number of para-hydroxylation sites is 2. The van der Waals surface area contributed by atoms with Crippen LogP contribution in [-0.4, -0.2) is 26.8 Å². The van der Waals surface area contributed by atoms with Crippen molar-refractivity contribution >= 4 is 39.0 Å². The molecule has 0 aliphatic carbocycles. The average molecular weight is 377 g/mol. The molecule has 0 aliphatic heterocycles. The molecule has 7 nitrogen and oxygen atoms in total. The minimum atomic E-state index is -0.469. The van der Waals surface area contributed by atoms with Crippen molar-refractivity contribution in [2.24, 2.45) is 0 Å². The van der Waals surface area contributed by atoms with Gasteiger partial charge in [0.1, 0.15) is 4.70 Å². The molecule has 0 saturated heterocycles. The van der Waals surface area contributed by atoms with E-state index in [4.69, 9.17) is 4.74 Å². The first-order valence-corrected chi connectivity index (χ1v) is 9.45. The van der Waals surface area contributed by atoms with E-state index in [-0.39, 0.29) is 23.6 Å². The Balaban J connectivity index is 1.70. The van der Waals surface area contributed by atoms with E-state index in [2.05, 4.69) is 4.98 Å². The summed E-state index contributed by atoms with van der Waals surface area (Å²) in [5.41, 5.74) is 0.599. The summed E-state index contributed by atoms with van der Waals surface area (Å²) in [6, 6.07) is 8.09. The number of benzene rings is 1. The molecule has 0 spiro atoms. The van der Waals surface area contributed by atoms with Crippen LogP contribution in [0.4, 0.5) is 5.69 Å². The molecule has 25 heavy (non-hydrogen) atoms. The highest BCUT2D eigenvalue weighted by molar-refractivity contribution is 7.99. The quantitative estimate of drug-likeness (QED) is 0.206. The number of nitro benzene ring substituents is 1. The molecular weight excluding hydrogens is 362 g/mol. The van der Waals surface area contributed by atoms with Crippen LogP contribution in [0.25, 0.3) is 10.2 Å². The van der Waals surface area contributed by atoms with Crippen LogP contribution in [0.3, 0.4) is 0 Å². The molecule has 9 heteroatoms. The predicted molar refractivity (Wildman–Crippen MR) is 98.9 cm³/mol. The summed E-state index contributed by atoms with van der Waals surface area (Å²) in [6.45, 7) is 2.71. The summed E-state index contributed by atoms with van der Waals surface area (Å²) in [7, 11) is 0. The van der Waals surface area contributed by atoms with Crippen LogP contribution in [0, 0.1) is 10.1 Å². The van der Waals surface area contributed by atoms with Gasteiger partial charge in [-0.25, -0.2) is 4.98 Å². The zero-order valence-corrected chi connectivity index (χ0v) is 15.0. The molecule has 1 aromatic carbocycles. The number of thiophene rings is 1. The zero-order valence-electron chi connectivity index (χ0n) is 13.4. The number of nitrogens with zero attached hydrogens (tertiary/aromatic N) is 3. The topological polar surface area (TPSA) is 87.3 Å². The fourth-order valence-corrected chi connectivity index (χ4v) is 3.99. The molecule has 0 N–H and O–H groups in total. The second-order valence-electron chi connectivity index (χ2n) is 5.00. The normalized spacial score (nSPS) is 10.9. The van der Waals surface area contributed by atoms with Crippen molar-refractivity contribution in [2.45, 2.75) is 18.6 Å². The predicted octanol–water partition coefficient (Wildman–Crippen LogP) is 3.56. The number of rotatable bonds is 7. The molecule has 0 saturated carbocycles. The van der Waals surface area contributed by atoms with Crippen molar-refractivity contribution < 1.29 is 9.66 Å². The summed E-state index contributed by atoms with van der Waals surface area (Å²) < 4.78 is 7.81. The third-order valence-corrected chi connectivity index (χ3v) is 5.31. The van der Waals surface area contributed by atoms with Gasteiger partial charge in [-0.1, -0.05) is 23.9 Å². The standard InChI is InChI=1S/C16H15N3O4S2/c1-2-18-15(20)14-11(7-9-24-14)17-16(18)25-10-8-23-13-6-4-3-5-12(13)19(21)22/h3-7,9H,2,8,10H2,1H3. The maximum absolute atomic E-state index is 12.4. The highest BCUT2D eigenvalue weighted by Gasteiger charge is 2.14. The van der Waals surface area contributed by atoms with Crippen molar-refractivity contribution in [3.63, 3.8) is 0 Å². The zero-order chi connectivity index (χ0) is 17.8. The van der Waals surface area contributed by atoms with Gasteiger partial charge in [-0.15, -0.1) is 11.3 Å². The molecule has 0 unspecified atom stereocenters. The SMILES string of the molecule is CCn1c(SCCOc2ccccc2[N+](=O)[O-])nc2ccsc2c1=O. The molecular formula is C16H15N3O4S2. The van der Waals surface area contributed by atoms with E-state index in [9.17, 15) is 14.9 Å². The number of hydrogen-bond acceptors (Lipinski definition) is 7. The van der Waals surface area contributed by atoms with Gasteiger partial charge >= 0.3 is 5.69 Å². The second-order valence-corrected chi connectivity index (χ2v) is 6.98. The van der Waals surface area contributed by atoms with Gasteiger partial charge < -0.3 is 4.74 Å². The van der Waals surface area contributed by atoms with E-state index < -0.39 is 4.92 Å². The van der Waals surface area contributed by atoms with Gasteiger partial charge in [-0.3, -0.25) is 19.5 Å². The van der Waals surface area contributed by atoms with Crippen molar-refractivity contribution in [1.29, 1.82) is 0 Å². The minimum Gasteiger partial charge on any atom is -0.486 e. The Labute approximate surface area is 151 Å². The van der Waals surface area contributed by atoms with E-state index in [0.29, 0.717) is 27.7 Å². The van der Waals surface area contributed by atoms with Crippen LogP contribution in [0.5, 0.6) is 5.75 Å². The number of fused-ring (bicyclic) bond motifs is 1. The smallest absolute Gasteiger partial charge is 0.310 e. The molecule has 2 aromatic heterocycles. The Bertz CT molecular complexity index is 967. The maximum atomic E-state index is 12.4. The van der Waals surface area contributed by atoms with Crippen LogP contribution in [0.2, 0.25) is 0 Å². The number of ether oxygens (including phenoxy) is 1. The van der Waals surface area contributed by atoms with Gasteiger partial charge in [0.05, 0.1) is 17.0 Å². The van der Waals surface area contributed by atoms with E-state index in [1.165, 1.54) is 29.2 Å². The van der Waals surface area contributed by atoms with Crippen LogP contribution in [-0.2, 0) is 6.54 Å². The third-order valence-electron chi connectivity index (χ3n) is 3.48. The maximum Gasteiger partial charge on any atom is 0.310 e. The molecule has 130 valence electrons. The summed E-state index contributed by atoms with van der Waals surface area (Å²) in [5.74, 6) is 0.760. The molecule has 3 aromatic rings. The first kappa shape index (κ1) is 17.4. The highest BCUT2D eigenvalue weighted by Crippen LogP contribution is 2.26. The second kappa shape index (κ2) is 7.66. The highest BCUT2D eigenvalue weighted by atomic mass is 32.2. The molecule has 0 aliphatic rings. The minimum absolute atomic E-state index is 0.0374. The van der Waals surface area contributed by atoms with Gasteiger partial charge in [0.25, 0.3) is 5.56 Å². The number of nitro groups is 1. The van der Waals surface area contributed by atoms with Gasteiger partial charge in [-0.05, 0) is 24.4 Å². The van der Waals surface area contributed by atoms with E-state index in [1.807, 2.05) is 18.4 Å². The van der Waals surface area contributed by atoms with Crippen LogP contribution in [0.1, 0.15) is 6.92 Å². The Morgan fingerprint density at radius 1 is 1.36 bits per heavy atom. The van der Waals surface area contributed by atoms with E-state index in [0.717, 1.165) is 0 Å². The first-order valence-electron chi connectivity index (χ1n) is 7.59. The molecule has 0 amide bonds. The lowest BCUT2D eigenvalue weighted by atomic mass is 10.3. The van der Waals surface area contributed by atoms with Gasteiger partial charge in [-0.2, -0.15) is 0 Å². The summed E-state index contributed by atoms with van der Waals surface area (Å²) in [6.07, 6.45) is 0. The van der Waals surface area contributed by atoms with Crippen LogP contribution in [0.15, 0.2) is 45.7 Å².